The van der Waals surface area contributed by atoms with Gasteiger partial charge >= 0.3 is 0 Å². The molecule has 0 atom stereocenters. The maximum absolute atomic E-state index is 15.0. The van der Waals surface area contributed by atoms with E-state index in [0.29, 0.717) is 25.8 Å². The van der Waals surface area contributed by atoms with Gasteiger partial charge in [0, 0.05) is 50.8 Å². The Labute approximate surface area is 187 Å². The first kappa shape index (κ1) is 22.8. The Hall–Kier alpha value is -3.37. The van der Waals surface area contributed by atoms with Crippen LogP contribution in [0.4, 0.5) is 24.5 Å². The van der Waals surface area contributed by atoms with E-state index < -0.39 is 39.5 Å². The smallest absolute Gasteiger partial charge is 0.223 e. The number of hydrogen-bond donors (Lipinski definition) is 1. The summed E-state index contributed by atoms with van der Waals surface area (Å²) < 4.78 is 53.7. The van der Waals surface area contributed by atoms with E-state index in [-0.39, 0.29) is 29.5 Å². The van der Waals surface area contributed by atoms with Crippen LogP contribution in [0.3, 0.4) is 0 Å². The molecule has 0 spiro atoms. The third-order valence-electron chi connectivity index (χ3n) is 5.59. The van der Waals surface area contributed by atoms with Gasteiger partial charge in [-0.3, -0.25) is 14.5 Å². The van der Waals surface area contributed by atoms with E-state index in [4.69, 9.17) is 14.9 Å². The van der Waals surface area contributed by atoms with Crippen molar-refractivity contribution in [1.82, 2.24) is 4.90 Å². The second kappa shape index (κ2) is 9.24. The first-order chi connectivity index (χ1) is 15.8. The maximum atomic E-state index is 15.0. The molecule has 10 heteroatoms. The lowest BCUT2D eigenvalue weighted by atomic mass is 10.1. The van der Waals surface area contributed by atoms with Gasteiger partial charge in [-0.25, -0.2) is 13.2 Å². The molecule has 1 aliphatic heterocycles. The van der Waals surface area contributed by atoms with Crippen molar-refractivity contribution in [1.29, 1.82) is 0 Å². The van der Waals surface area contributed by atoms with Crippen LogP contribution in [0.25, 0.3) is 22.3 Å². The molecular formula is C23H22F3N3O4. The Bertz CT molecular complexity index is 1270. The summed E-state index contributed by atoms with van der Waals surface area (Å²) in [4.78, 5) is 28.1. The first-order valence-electron chi connectivity index (χ1n) is 10.4. The van der Waals surface area contributed by atoms with Crippen LogP contribution in [0.2, 0.25) is 0 Å². The number of halogens is 3. The molecular weight excluding hydrogens is 439 g/mol. The number of amides is 1. The van der Waals surface area contributed by atoms with Crippen molar-refractivity contribution in [3.05, 3.63) is 58.0 Å². The van der Waals surface area contributed by atoms with Crippen molar-refractivity contribution in [2.75, 3.05) is 50.0 Å². The first-order valence-corrected chi connectivity index (χ1v) is 10.4. The summed E-state index contributed by atoms with van der Waals surface area (Å²) in [5, 5.41) is -0.417. The Morgan fingerprint density at radius 1 is 1.09 bits per heavy atom. The highest BCUT2D eigenvalue weighted by atomic mass is 19.1. The predicted octanol–water partition coefficient (Wildman–Crippen LogP) is 3.14. The Balaban J connectivity index is 1.66. The van der Waals surface area contributed by atoms with Crippen molar-refractivity contribution >= 4 is 28.3 Å². The number of ether oxygens (including phenoxy) is 1. The molecule has 2 N–H and O–H groups in total. The van der Waals surface area contributed by atoms with Gasteiger partial charge in [0.15, 0.2) is 16.8 Å². The van der Waals surface area contributed by atoms with E-state index in [9.17, 15) is 18.4 Å². The zero-order valence-electron chi connectivity index (χ0n) is 17.9. The average molecular weight is 461 g/mol. The van der Waals surface area contributed by atoms with Crippen LogP contribution in [0.1, 0.15) is 6.92 Å². The Morgan fingerprint density at radius 2 is 1.82 bits per heavy atom. The number of nitrogens with zero attached hydrogens (tertiary/aromatic N) is 2. The van der Waals surface area contributed by atoms with Gasteiger partial charge < -0.3 is 19.8 Å². The summed E-state index contributed by atoms with van der Waals surface area (Å²) in [6.07, 6.45) is 0. The number of benzene rings is 2. The van der Waals surface area contributed by atoms with Crippen molar-refractivity contribution in [2.24, 2.45) is 0 Å². The number of nitrogen functional groups attached to an aromatic ring is 1. The zero-order valence-corrected chi connectivity index (χ0v) is 17.9. The summed E-state index contributed by atoms with van der Waals surface area (Å²) in [6.45, 7) is 4.88. The van der Waals surface area contributed by atoms with E-state index in [0.717, 1.165) is 25.2 Å². The maximum Gasteiger partial charge on any atom is 0.223 e. The largest absolute Gasteiger partial charge is 0.453 e. The highest BCUT2D eigenvalue weighted by Gasteiger charge is 2.21. The highest BCUT2D eigenvalue weighted by Crippen LogP contribution is 2.31. The number of anilines is 2. The molecule has 0 bridgehead atoms. The number of nitrogens with two attached hydrogens (primary N) is 1. The number of rotatable bonds is 5. The summed E-state index contributed by atoms with van der Waals surface area (Å²) in [7, 11) is 0. The molecule has 0 aliphatic carbocycles. The van der Waals surface area contributed by atoms with Crippen LogP contribution >= 0.6 is 0 Å². The van der Waals surface area contributed by atoms with Crippen LogP contribution in [-0.2, 0) is 9.53 Å². The van der Waals surface area contributed by atoms with Crippen LogP contribution in [0, 0.1) is 17.5 Å². The number of hydrogen-bond acceptors (Lipinski definition) is 6. The minimum absolute atomic E-state index is 0.0696. The van der Waals surface area contributed by atoms with Crippen molar-refractivity contribution in [3.63, 3.8) is 0 Å². The molecule has 3 aromatic rings. The van der Waals surface area contributed by atoms with E-state index >= 15 is 4.39 Å². The molecule has 174 valence electrons. The quantitative estimate of drug-likeness (QED) is 0.588. The SMILES string of the molecule is CC(=O)N(CCN1CCOCC1)c1ccc(-c2cc(=O)c3c(N)c(F)cc(F)c3o2)cc1F. The molecule has 33 heavy (non-hydrogen) atoms. The Kier molecular flexibility index (Phi) is 6.39. The topological polar surface area (TPSA) is 89.0 Å². The van der Waals surface area contributed by atoms with Gasteiger partial charge in [0.05, 0.1) is 30.0 Å². The van der Waals surface area contributed by atoms with Gasteiger partial charge in [-0.15, -0.1) is 0 Å². The molecule has 1 fully saturated rings. The zero-order chi connectivity index (χ0) is 23.7. The van der Waals surface area contributed by atoms with E-state index in [1.54, 1.807) is 0 Å². The van der Waals surface area contributed by atoms with Crippen LogP contribution < -0.4 is 16.1 Å². The van der Waals surface area contributed by atoms with E-state index in [2.05, 4.69) is 4.90 Å². The Morgan fingerprint density at radius 3 is 2.48 bits per heavy atom. The summed E-state index contributed by atoms with van der Waals surface area (Å²) in [5.74, 6) is -3.33. The molecule has 2 aromatic carbocycles. The van der Waals surface area contributed by atoms with Crippen LogP contribution in [0.15, 0.2) is 39.5 Å². The molecule has 1 aromatic heterocycles. The lowest BCUT2D eigenvalue weighted by Crippen LogP contribution is -2.42. The number of carbonyl (C=O) groups excluding carboxylic acids is 1. The highest BCUT2D eigenvalue weighted by molar-refractivity contribution is 5.92. The number of carbonyl (C=O) groups is 1. The molecule has 0 saturated carbocycles. The van der Waals surface area contributed by atoms with Crippen LogP contribution in [0.5, 0.6) is 0 Å². The summed E-state index contributed by atoms with van der Waals surface area (Å²) >= 11 is 0. The summed E-state index contributed by atoms with van der Waals surface area (Å²) in [6, 6.07) is 5.46. The van der Waals surface area contributed by atoms with E-state index in [1.807, 2.05) is 0 Å². The van der Waals surface area contributed by atoms with Gasteiger partial charge in [0.1, 0.15) is 17.4 Å². The fraction of sp³-hybridized carbons (Fsp3) is 0.304. The van der Waals surface area contributed by atoms with Gasteiger partial charge in [-0.05, 0) is 18.2 Å². The predicted molar refractivity (Wildman–Crippen MR) is 117 cm³/mol. The monoisotopic (exact) mass is 461 g/mol. The molecule has 1 saturated heterocycles. The second-order valence-corrected chi connectivity index (χ2v) is 7.72. The van der Waals surface area contributed by atoms with Crippen molar-refractivity contribution in [2.45, 2.75) is 6.92 Å². The lowest BCUT2D eigenvalue weighted by molar-refractivity contribution is -0.116. The number of fused-ring (bicyclic) bond motifs is 1. The fourth-order valence-corrected chi connectivity index (χ4v) is 3.83. The molecule has 2 heterocycles. The van der Waals surface area contributed by atoms with Gasteiger partial charge in [0.25, 0.3) is 0 Å². The molecule has 0 unspecified atom stereocenters. The standard InChI is InChI=1S/C23H22F3N3O4/c1-13(30)29(5-4-28-6-8-32-9-7-28)18-3-2-14(10-15(18)24)20-12-19(31)21-22(27)16(25)11-17(26)23(21)33-20/h2-3,10-12H,4-9,27H2,1H3. The van der Waals surface area contributed by atoms with Crippen molar-refractivity contribution < 1.29 is 27.1 Å². The molecule has 1 amide bonds. The van der Waals surface area contributed by atoms with E-state index in [1.165, 1.54) is 24.0 Å². The summed E-state index contributed by atoms with van der Waals surface area (Å²) in [5.41, 5.74) is 3.97. The average Bonchev–Trinajstić information content (AvgIpc) is 2.78. The normalized spacial score (nSPS) is 14.5. The minimum atomic E-state index is -1.10. The molecule has 1 aliphatic rings. The second-order valence-electron chi connectivity index (χ2n) is 7.72. The minimum Gasteiger partial charge on any atom is -0.453 e. The third-order valence-corrected chi connectivity index (χ3v) is 5.59. The van der Waals surface area contributed by atoms with Gasteiger partial charge in [-0.1, -0.05) is 0 Å². The lowest BCUT2D eigenvalue weighted by Gasteiger charge is -2.30. The molecule has 7 nitrogen and oxygen atoms in total. The van der Waals surface area contributed by atoms with Gasteiger partial charge in [-0.2, -0.15) is 0 Å². The van der Waals surface area contributed by atoms with Gasteiger partial charge in [0.2, 0.25) is 5.91 Å². The molecule has 0 radical (unpaired) electrons. The fourth-order valence-electron chi connectivity index (χ4n) is 3.83. The molecule has 4 rings (SSSR count). The van der Waals surface area contributed by atoms with Crippen molar-refractivity contribution in [3.8, 4) is 11.3 Å². The van der Waals surface area contributed by atoms with Crippen LogP contribution in [-0.4, -0.2) is 50.2 Å². The number of morpholine rings is 1. The third kappa shape index (κ3) is 4.57.